The molecule has 1 atom stereocenters. The second kappa shape index (κ2) is 7.19. The molecule has 0 fully saturated rings. The first-order chi connectivity index (χ1) is 10.4. The number of rotatable bonds is 5. The molecule has 112 valence electrons. The van der Waals surface area contributed by atoms with Crippen molar-refractivity contribution in [3.8, 4) is 0 Å². The molecule has 0 N–H and O–H groups in total. The van der Waals surface area contributed by atoms with Crippen molar-refractivity contribution in [1.29, 1.82) is 0 Å². The Labute approximate surface area is 145 Å². The first-order valence-corrected chi connectivity index (χ1v) is 10.1. The Balaban J connectivity index is 2.70. The van der Waals surface area contributed by atoms with Gasteiger partial charge in [-0.1, -0.05) is 0 Å². The van der Waals surface area contributed by atoms with Crippen LogP contribution in [0, 0.1) is 0 Å². The fourth-order valence-corrected chi connectivity index (χ4v) is 7.86. The van der Waals surface area contributed by atoms with Crippen LogP contribution in [0.15, 0.2) is 60.7 Å². The summed E-state index contributed by atoms with van der Waals surface area (Å²) in [5.41, 5.74) is 0. The van der Waals surface area contributed by atoms with Gasteiger partial charge in [0.25, 0.3) is 0 Å². The summed E-state index contributed by atoms with van der Waals surface area (Å²) < 4.78 is 7.12. The molecular formula is C19H25LiOSi. The first-order valence-electron chi connectivity index (χ1n) is 8.20. The quantitative estimate of drug-likeness (QED) is 0.769. The van der Waals surface area contributed by atoms with Crippen molar-refractivity contribution in [2.75, 3.05) is 0 Å². The van der Waals surface area contributed by atoms with Crippen LogP contribution in [0.25, 0.3) is 0 Å². The van der Waals surface area contributed by atoms with E-state index >= 15 is 0 Å². The number of benzene rings is 2. The van der Waals surface area contributed by atoms with Gasteiger partial charge in [-0.2, -0.15) is 0 Å². The third-order valence-electron chi connectivity index (χ3n) is 4.37. The van der Waals surface area contributed by atoms with Gasteiger partial charge >= 0.3 is 145 Å². The van der Waals surface area contributed by atoms with E-state index in [0.29, 0.717) is 0 Å². The Morgan fingerprint density at radius 1 is 0.909 bits per heavy atom. The predicted molar refractivity (Wildman–Crippen MR) is 98.5 cm³/mol. The van der Waals surface area contributed by atoms with Gasteiger partial charge in [-0.25, -0.2) is 0 Å². The van der Waals surface area contributed by atoms with E-state index in [0.717, 1.165) is 6.42 Å². The summed E-state index contributed by atoms with van der Waals surface area (Å²) in [6.07, 6.45) is 1.03. The van der Waals surface area contributed by atoms with Crippen LogP contribution in [-0.4, -0.2) is 30.8 Å². The molecule has 0 saturated carbocycles. The average Bonchev–Trinajstić information content (AvgIpc) is 2.52. The van der Waals surface area contributed by atoms with Crippen molar-refractivity contribution in [2.24, 2.45) is 0 Å². The Kier molecular flexibility index (Phi) is 5.74. The summed E-state index contributed by atoms with van der Waals surface area (Å²) in [4.78, 5) is 0. The SMILES string of the molecule is [Li][CH](CC)O[Si](c1ccccc1)(c1ccccc1)C(C)(C)C. The van der Waals surface area contributed by atoms with E-state index in [9.17, 15) is 0 Å². The molecule has 0 aliphatic carbocycles. The van der Waals surface area contributed by atoms with E-state index in [2.05, 4.69) is 106 Å². The van der Waals surface area contributed by atoms with Gasteiger partial charge in [-0.05, 0) is 0 Å². The van der Waals surface area contributed by atoms with Crippen molar-refractivity contribution in [1.82, 2.24) is 0 Å². The molecule has 0 radical (unpaired) electrons. The topological polar surface area (TPSA) is 9.23 Å². The van der Waals surface area contributed by atoms with Crippen LogP contribution >= 0.6 is 0 Å². The van der Waals surface area contributed by atoms with E-state index < -0.39 is 8.32 Å². The van der Waals surface area contributed by atoms with Gasteiger partial charge < -0.3 is 0 Å². The summed E-state index contributed by atoms with van der Waals surface area (Å²) in [6.45, 7) is 9.16. The van der Waals surface area contributed by atoms with Crippen LogP contribution in [0.4, 0.5) is 0 Å². The summed E-state index contributed by atoms with van der Waals surface area (Å²) in [6, 6.07) is 21.7. The van der Waals surface area contributed by atoms with Crippen LogP contribution in [0.1, 0.15) is 34.1 Å². The molecular weight excluding hydrogens is 279 g/mol. The van der Waals surface area contributed by atoms with E-state index in [4.69, 9.17) is 4.43 Å². The zero-order chi connectivity index (χ0) is 16.2. The van der Waals surface area contributed by atoms with Crippen LogP contribution in [0.5, 0.6) is 0 Å². The predicted octanol–water partition coefficient (Wildman–Crippen LogP) is 3.47. The van der Waals surface area contributed by atoms with E-state index in [-0.39, 0.29) is 9.82 Å². The zero-order valence-corrected chi connectivity index (χ0v) is 15.5. The second-order valence-electron chi connectivity index (χ2n) is 7.00. The first kappa shape index (κ1) is 17.6. The minimum absolute atomic E-state index is 0.0686. The fraction of sp³-hybridized carbons (Fsp3) is 0.368. The van der Waals surface area contributed by atoms with Gasteiger partial charge in [0.2, 0.25) is 0 Å². The molecule has 22 heavy (non-hydrogen) atoms. The summed E-state index contributed by atoms with van der Waals surface area (Å²) in [5, 5.41) is 2.78. The van der Waals surface area contributed by atoms with Gasteiger partial charge in [0.1, 0.15) is 0 Å². The molecule has 0 aliphatic rings. The van der Waals surface area contributed by atoms with Crippen molar-refractivity contribution < 1.29 is 4.43 Å². The van der Waals surface area contributed by atoms with Crippen molar-refractivity contribution in [3.05, 3.63) is 60.7 Å². The van der Waals surface area contributed by atoms with Crippen LogP contribution in [0.3, 0.4) is 0 Å². The van der Waals surface area contributed by atoms with Gasteiger partial charge in [0.15, 0.2) is 0 Å². The monoisotopic (exact) mass is 304 g/mol. The molecule has 0 aromatic heterocycles. The summed E-state index contributed by atoms with van der Waals surface area (Å²) in [7, 11) is -2.33. The molecule has 0 aliphatic heterocycles. The van der Waals surface area contributed by atoms with Gasteiger partial charge in [0, 0.05) is 0 Å². The van der Waals surface area contributed by atoms with Gasteiger partial charge in [0.05, 0.1) is 0 Å². The zero-order valence-electron chi connectivity index (χ0n) is 14.5. The fourth-order valence-electron chi connectivity index (χ4n) is 3.08. The maximum absolute atomic E-state index is 6.86. The van der Waals surface area contributed by atoms with Crippen molar-refractivity contribution >= 4 is 36.4 Å². The third-order valence-corrected chi connectivity index (χ3v) is 9.53. The molecule has 0 heterocycles. The third kappa shape index (κ3) is 3.41. The molecule has 3 heteroatoms. The number of hydrogen-bond acceptors (Lipinski definition) is 1. The van der Waals surface area contributed by atoms with E-state index in [1.165, 1.54) is 10.4 Å². The normalized spacial score (nSPS) is 13.9. The molecule has 0 bridgehead atoms. The molecule has 1 unspecified atom stereocenters. The Morgan fingerprint density at radius 2 is 1.32 bits per heavy atom. The Bertz CT molecular complexity index is 538. The minimum atomic E-state index is -2.33. The van der Waals surface area contributed by atoms with Gasteiger partial charge in [-0.15, -0.1) is 0 Å². The summed E-state index contributed by atoms with van der Waals surface area (Å²) >= 11 is 2.19. The Morgan fingerprint density at radius 3 is 1.64 bits per heavy atom. The van der Waals surface area contributed by atoms with Gasteiger partial charge in [-0.3, -0.25) is 0 Å². The Hall–Kier alpha value is -0.786. The molecule has 2 aromatic rings. The number of hydrogen-bond donors (Lipinski definition) is 0. The van der Waals surface area contributed by atoms with Crippen LogP contribution in [0.2, 0.25) is 5.04 Å². The molecule has 0 saturated heterocycles. The molecule has 2 rings (SSSR count). The van der Waals surface area contributed by atoms with E-state index in [1.54, 1.807) is 0 Å². The van der Waals surface area contributed by atoms with Crippen molar-refractivity contribution in [3.63, 3.8) is 0 Å². The average molecular weight is 304 g/mol. The molecule has 2 aromatic carbocycles. The molecule has 0 spiro atoms. The van der Waals surface area contributed by atoms with Crippen molar-refractivity contribution in [2.45, 2.75) is 43.9 Å². The molecule has 1 nitrogen and oxygen atoms in total. The molecule has 0 amide bonds. The van der Waals surface area contributed by atoms with Crippen LogP contribution < -0.4 is 10.4 Å². The summed E-state index contributed by atoms with van der Waals surface area (Å²) in [5.74, 6) is 0. The van der Waals surface area contributed by atoms with E-state index in [1.807, 2.05) is 0 Å². The maximum atomic E-state index is 6.86. The van der Waals surface area contributed by atoms with Crippen LogP contribution in [-0.2, 0) is 4.43 Å². The second-order valence-corrected chi connectivity index (χ2v) is 11.3. The standard InChI is InChI=1S/C19H25OSi.Li/c1-5-16-20-21(19(2,3)4,17-12-8-6-9-13-17)18-14-10-7-11-15-18;/h6-16H,5H2,1-4H3;.